The second-order valence-corrected chi connectivity index (χ2v) is 3.80. The van der Waals surface area contributed by atoms with Crippen LogP contribution in [0.15, 0.2) is 18.2 Å². The Hall–Kier alpha value is -1.58. The summed E-state index contributed by atoms with van der Waals surface area (Å²) < 4.78 is 23.4. The highest BCUT2D eigenvalue weighted by Crippen LogP contribution is 2.24. The van der Waals surface area contributed by atoms with Crippen molar-refractivity contribution in [3.63, 3.8) is 0 Å². The molecular weight excluding hydrogens is 211 g/mol. The number of rotatable bonds is 3. The molecule has 0 atom stereocenters. The average molecular weight is 224 g/mol. The second kappa shape index (κ2) is 4.51. The van der Waals surface area contributed by atoms with E-state index in [1.807, 2.05) is 0 Å². The average Bonchev–Trinajstić information content (AvgIpc) is 2.23. The van der Waals surface area contributed by atoms with Crippen molar-refractivity contribution < 1.29 is 18.7 Å². The van der Waals surface area contributed by atoms with Gasteiger partial charge in [0.25, 0.3) is 0 Å². The van der Waals surface area contributed by atoms with E-state index in [0.717, 1.165) is 19.3 Å². The minimum Gasteiger partial charge on any atom is -0.497 e. The molecule has 0 unspecified atom stereocenters. The van der Waals surface area contributed by atoms with Crippen molar-refractivity contribution in [1.29, 1.82) is 0 Å². The summed E-state index contributed by atoms with van der Waals surface area (Å²) in [7, 11) is 1.45. The largest absolute Gasteiger partial charge is 0.497 e. The van der Waals surface area contributed by atoms with E-state index in [4.69, 9.17) is 9.47 Å². The molecule has 0 heterocycles. The maximum absolute atomic E-state index is 13.5. The summed E-state index contributed by atoms with van der Waals surface area (Å²) in [6.07, 6.45) is 2.80. The predicted molar refractivity (Wildman–Crippen MR) is 56.0 cm³/mol. The molecule has 1 aromatic rings. The lowest BCUT2D eigenvalue weighted by Crippen LogP contribution is -2.25. The number of hydrogen-bond acceptors (Lipinski definition) is 3. The topological polar surface area (TPSA) is 35.5 Å². The van der Waals surface area contributed by atoms with Crippen LogP contribution >= 0.6 is 0 Å². The standard InChI is InChI=1S/C12H13FO3/c1-15-9-5-6-10(11(13)7-9)12(14)16-8-3-2-4-8/h5-8H,2-4H2,1H3. The molecule has 0 aliphatic heterocycles. The summed E-state index contributed by atoms with van der Waals surface area (Å²) >= 11 is 0. The Morgan fingerprint density at radius 1 is 1.44 bits per heavy atom. The van der Waals surface area contributed by atoms with E-state index in [9.17, 15) is 9.18 Å². The van der Waals surface area contributed by atoms with Crippen molar-refractivity contribution in [3.05, 3.63) is 29.6 Å². The van der Waals surface area contributed by atoms with E-state index in [1.165, 1.54) is 19.2 Å². The monoisotopic (exact) mass is 224 g/mol. The predicted octanol–water partition coefficient (Wildman–Crippen LogP) is 2.54. The summed E-state index contributed by atoms with van der Waals surface area (Å²) in [6.45, 7) is 0. The van der Waals surface area contributed by atoms with Gasteiger partial charge < -0.3 is 9.47 Å². The molecule has 0 N–H and O–H groups in total. The van der Waals surface area contributed by atoms with Crippen molar-refractivity contribution in [1.82, 2.24) is 0 Å². The van der Waals surface area contributed by atoms with Crippen LogP contribution in [-0.2, 0) is 4.74 Å². The Bertz CT molecular complexity index is 399. The number of halogens is 1. The Labute approximate surface area is 93.2 Å². The molecule has 1 fully saturated rings. The summed E-state index contributed by atoms with van der Waals surface area (Å²) in [5.41, 5.74) is -0.0345. The first-order chi connectivity index (χ1) is 7.70. The molecular formula is C12H13FO3. The fourth-order valence-electron chi connectivity index (χ4n) is 1.49. The van der Waals surface area contributed by atoms with E-state index >= 15 is 0 Å². The Morgan fingerprint density at radius 3 is 2.69 bits per heavy atom. The minimum absolute atomic E-state index is 0.0333. The zero-order valence-corrected chi connectivity index (χ0v) is 9.03. The van der Waals surface area contributed by atoms with Crippen LogP contribution in [-0.4, -0.2) is 19.2 Å². The van der Waals surface area contributed by atoms with Crippen LogP contribution in [0.5, 0.6) is 5.75 Å². The number of carbonyl (C=O) groups excluding carboxylic acids is 1. The van der Waals surface area contributed by atoms with Gasteiger partial charge in [-0.1, -0.05) is 0 Å². The van der Waals surface area contributed by atoms with Crippen LogP contribution in [0.25, 0.3) is 0 Å². The molecule has 4 heteroatoms. The van der Waals surface area contributed by atoms with E-state index in [-0.39, 0.29) is 11.7 Å². The summed E-state index contributed by atoms with van der Waals surface area (Å²) in [4.78, 5) is 11.6. The molecule has 1 aromatic carbocycles. The van der Waals surface area contributed by atoms with Gasteiger partial charge in [0.05, 0.1) is 12.7 Å². The van der Waals surface area contributed by atoms with Crippen LogP contribution in [0.3, 0.4) is 0 Å². The first-order valence-corrected chi connectivity index (χ1v) is 5.25. The molecule has 2 rings (SSSR count). The van der Waals surface area contributed by atoms with E-state index in [1.54, 1.807) is 6.07 Å². The summed E-state index contributed by atoms with van der Waals surface area (Å²) in [5.74, 6) is -0.814. The lowest BCUT2D eigenvalue weighted by molar-refractivity contribution is 0.00854. The highest BCUT2D eigenvalue weighted by molar-refractivity contribution is 5.90. The number of hydrogen-bond donors (Lipinski definition) is 0. The number of carbonyl (C=O) groups is 1. The molecule has 0 aromatic heterocycles. The molecule has 1 saturated carbocycles. The van der Waals surface area contributed by atoms with Gasteiger partial charge in [-0.05, 0) is 31.4 Å². The maximum Gasteiger partial charge on any atom is 0.341 e. The van der Waals surface area contributed by atoms with Crippen molar-refractivity contribution >= 4 is 5.97 Å². The second-order valence-electron chi connectivity index (χ2n) is 3.80. The van der Waals surface area contributed by atoms with E-state index in [0.29, 0.717) is 5.75 Å². The van der Waals surface area contributed by atoms with Gasteiger partial charge in [-0.25, -0.2) is 9.18 Å². The molecule has 0 spiro atoms. The van der Waals surface area contributed by atoms with Crippen molar-refractivity contribution in [2.75, 3.05) is 7.11 Å². The van der Waals surface area contributed by atoms with Crippen LogP contribution in [0, 0.1) is 5.82 Å². The van der Waals surface area contributed by atoms with Crippen LogP contribution < -0.4 is 4.74 Å². The molecule has 1 aliphatic carbocycles. The van der Waals surface area contributed by atoms with Crippen LogP contribution in [0.2, 0.25) is 0 Å². The fourth-order valence-corrected chi connectivity index (χ4v) is 1.49. The third-order valence-corrected chi connectivity index (χ3v) is 2.72. The molecule has 3 nitrogen and oxygen atoms in total. The molecule has 0 bridgehead atoms. The molecule has 86 valence electrons. The quantitative estimate of drug-likeness (QED) is 0.740. The van der Waals surface area contributed by atoms with Gasteiger partial charge in [-0.3, -0.25) is 0 Å². The number of benzene rings is 1. The normalized spacial score (nSPS) is 15.4. The zero-order valence-electron chi connectivity index (χ0n) is 9.03. The Kier molecular flexibility index (Phi) is 3.08. The molecule has 0 saturated heterocycles. The van der Waals surface area contributed by atoms with Gasteiger partial charge in [-0.15, -0.1) is 0 Å². The smallest absolute Gasteiger partial charge is 0.341 e. The summed E-state index contributed by atoms with van der Waals surface area (Å²) in [6, 6.07) is 4.10. The fraction of sp³-hybridized carbons (Fsp3) is 0.417. The van der Waals surface area contributed by atoms with Crippen LogP contribution in [0.4, 0.5) is 4.39 Å². The minimum atomic E-state index is -0.608. The van der Waals surface area contributed by atoms with Gasteiger partial charge >= 0.3 is 5.97 Å². The highest BCUT2D eigenvalue weighted by Gasteiger charge is 2.24. The van der Waals surface area contributed by atoms with Gasteiger partial charge in [0, 0.05) is 6.07 Å². The van der Waals surface area contributed by atoms with Crippen molar-refractivity contribution in [2.45, 2.75) is 25.4 Å². The highest BCUT2D eigenvalue weighted by atomic mass is 19.1. The van der Waals surface area contributed by atoms with E-state index in [2.05, 4.69) is 0 Å². The third-order valence-electron chi connectivity index (χ3n) is 2.72. The third kappa shape index (κ3) is 2.15. The maximum atomic E-state index is 13.5. The van der Waals surface area contributed by atoms with Gasteiger partial charge in [0.2, 0.25) is 0 Å². The van der Waals surface area contributed by atoms with Gasteiger partial charge in [0.1, 0.15) is 17.7 Å². The van der Waals surface area contributed by atoms with E-state index < -0.39 is 11.8 Å². The lowest BCUT2D eigenvalue weighted by Gasteiger charge is -2.25. The Balaban J connectivity index is 2.09. The number of esters is 1. The van der Waals surface area contributed by atoms with Crippen LogP contribution in [0.1, 0.15) is 29.6 Å². The molecule has 16 heavy (non-hydrogen) atoms. The van der Waals surface area contributed by atoms with Gasteiger partial charge in [-0.2, -0.15) is 0 Å². The first-order valence-electron chi connectivity index (χ1n) is 5.25. The lowest BCUT2D eigenvalue weighted by atomic mass is 9.96. The van der Waals surface area contributed by atoms with Crippen molar-refractivity contribution in [2.24, 2.45) is 0 Å². The van der Waals surface area contributed by atoms with Crippen molar-refractivity contribution in [3.8, 4) is 5.75 Å². The SMILES string of the molecule is COc1ccc(C(=O)OC2CCC2)c(F)c1. The molecule has 1 aliphatic rings. The number of methoxy groups -OCH3 is 1. The zero-order chi connectivity index (χ0) is 11.5. The summed E-state index contributed by atoms with van der Waals surface area (Å²) in [5, 5.41) is 0. The molecule has 0 amide bonds. The molecule has 0 radical (unpaired) electrons. The number of ether oxygens (including phenoxy) is 2. The Morgan fingerprint density at radius 2 is 2.19 bits per heavy atom. The van der Waals surface area contributed by atoms with Gasteiger partial charge in [0.15, 0.2) is 0 Å². The first kappa shape index (κ1) is 10.9.